The number of aliphatic carboxylic acids is 1. The number of carboxylic acids is 1. The first kappa shape index (κ1) is 28.0. The van der Waals surface area contributed by atoms with Gasteiger partial charge in [0.05, 0.1) is 17.9 Å². The van der Waals surface area contributed by atoms with Crippen LogP contribution in [0.5, 0.6) is 0 Å². The van der Waals surface area contributed by atoms with Crippen LogP contribution in [0.2, 0.25) is 0 Å². The summed E-state index contributed by atoms with van der Waals surface area (Å²) in [4.78, 5) is 13.3. The standard InChI is InChI=1S/C27H31F6NO2/c1-25(2,17-34-13-10-22(11-14-34)27(31,32)33)12-9-20-4-3-18(16-24(35)36)15-23(20)19-5-7-21(8-6-19)26(28,29)30/h3-8,15,22H,9-14,16-17H2,1-2H3,(H,35,36). The van der Waals surface area contributed by atoms with Crippen molar-refractivity contribution in [3.05, 3.63) is 59.2 Å². The number of benzene rings is 2. The van der Waals surface area contributed by atoms with Crippen LogP contribution in [0.1, 0.15) is 49.8 Å². The third-order valence-electron chi connectivity index (χ3n) is 6.83. The molecule has 1 fully saturated rings. The van der Waals surface area contributed by atoms with Crippen LogP contribution in [0, 0.1) is 11.3 Å². The van der Waals surface area contributed by atoms with Gasteiger partial charge in [-0.05, 0) is 78.6 Å². The highest BCUT2D eigenvalue weighted by Crippen LogP contribution is 2.37. The van der Waals surface area contributed by atoms with Gasteiger partial charge in [-0.25, -0.2) is 0 Å². The molecule has 0 spiro atoms. The van der Waals surface area contributed by atoms with Gasteiger partial charge in [0.15, 0.2) is 0 Å². The maximum absolute atomic E-state index is 13.0. The van der Waals surface area contributed by atoms with E-state index in [1.165, 1.54) is 12.1 Å². The zero-order chi connectivity index (χ0) is 26.7. The fourth-order valence-corrected chi connectivity index (χ4v) is 4.81. The van der Waals surface area contributed by atoms with Crippen LogP contribution in [0.4, 0.5) is 26.3 Å². The number of carboxylic acid groups (broad SMARTS) is 1. The Morgan fingerprint density at radius 1 is 0.972 bits per heavy atom. The summed E-state index contributed by atoms with van der Waals surface area (Å²) in [6.45, 7) is 5.55. The van der Waals surface area contributed by atoms with Gasteiger partial charge in [-0.3, -0.25) is 4.79 Å². The summed E-state index contributed by atoms with van der Waals surface area (Å²) in [5.41, 5.74) is 1.72. The molecule has 0 aliphatic carbocycles. The summed E-state index contributed by atoms with van der Waals surface area (Å²) in [6.07, 6.45) is -7.30. The summed E-state index contributed by atoms with van der Waals surface area (Å²) in [6, 6.07) is 10.0. The average Bonchev–Trinajstić information content (AvgIpc) is 2.77. The number of hydrogen-bond acceptors (Lipinski definition) is 2. The lowest BCUT2D eigenvalue weighted by Gasteiger charge is -2.38. The molecular weight excluding hydrogens is 484 g/mol. The van der Waals surface area contributed by atoms with Gasteiger partial charge in [-0.15, -0.1) is 0 Å². The number of carbonyl (C=O) groups is 1. The monoisotopic (exact) mass is 515 g/mol. The third-order valence-corrected chi connectivity index (χ3v) is 6.83. The van der Waals surface area contributed by atoms with Crippen molar-refractivity contribution >= 4 is 5.97 Å². The summed E-state index contributed by atoms with van der Waals surface area (Å²) >= 11 is 0. The van der Waals surface area contributed by atoms with Crippen LogP contribution >= 0.6 is 0 Å². The van der Waals surface area contributed by atoms with Crippen molar-refractivity contribution < 1.29 is 36.2 Å². The minimum atomic E-state index is -4.45. The number of nitrogens with zero attached hydrogens (tertiary/aromatic N) is 1. The Kier molecular flexibility index (Phi) is 8.43. The van der Waals surface area contributed by atoms with E-state index in [2.05, 4.69) is 18.7 Å². The molecule has 0 amide bonds. The molecule has 2 aromatic rings. The van der Waals surface area contributed by atoms with E-state index >= 15 is 0 Å². The van der Waals surface area contributed by atoms with E-state index in [9.17, 15) is 31.1 Å². The zero-order valence-corrected chi connectivity index (χ0v) is 20.3. The fraction of sp³-hybridized carbons (Fsp3) is 0.519. The molecule has 0 atom stereocenters. The van der Waals surface area contributed by atoms with Crippen molar-refractivity contribution in [2.24, 2.45) is 11.3 Å². The molecule has 1 aliphatic heterocycles. The van der Waals surface area contributed by atoms with E-state index in [0.717, 1.165) is 17.7 Å². The molecule has 0 saturated carbocycles. The van der Waals surface area contributed by atoms with Crippen molar-refractivity contribution in [3.63, 3.8) is 0 Å². The molecular formula is C27H31F6NO2. The number of likely N-dealkylation sites (tertiary alicyclic amines) is 1. The number of hydrogen-bond donors (Lipinski definition) is 1. The molecule has 0 unspecified atom stereocenters. The highest BCUT2D eigenvalue weighted by Gasteiger charge is 2.41. The molecule has 1 heterocycles. The summed E-state index contributed by atoms with van der Waals surface area (Å²) in [5, 5.41) is 9.16. The second-order valence-electron chi connectivity index (χ2n) is 10.4. The summed E-state index contributed by atoms with van der Waals surface area (Å²) in [7, 11) is 0. The van der Waals surface area contributed by atoms with Gasteiger partial charge in [0.1, 0.15) is 0 Å². The molecule has 36 heavy (non-hydrogen) atoms. The van der Waals surface area contributed by atoms with Crippen LogP contribution in [0.3, 0.4) is 0 Å². The molecule has 1 N–H and O–H groups in total. The van der Waals surface area contributed by atoms with E-state index in [1.807, 2.05) is 6.07 Å². The zero-order valence-electron chi connectivity index (χ0n) is 20.3. The SMILES string of the molecule is CC(C)(CCc1ccc(CC(=O)O)cc1-c1ccc(C(F)(F)F)cc1)CN1CCC(C(F)(F)F)CC1. The van der Waals surface area contributed by atoms with Gasteiger partial charge in [0.25, 0.3) is 0 Å². The van der Waals surface area contributed by atoms with E-state index in [-0.39, 0.29) is 24.7 Å². The Labute approximate surface area is 207 Å². The molecule has 1 saturated heterocycles. The Morgan fingerprint density at radius 2 is 1.58 bits per heavy atom. The predicted molar refractivity (Wildman–Crippen MR) is 126 cm³/mol. The quantitative estimate of drug-likeness (QED) is 0.377. The molecule has 0 radical (unpaired) electrons. The van der Waals surface area contributed by atoms with Gasteiger partial charge in [-0.1, -0.05) is 44.2 Å². The first-order valence-corrected chi connectivity index (χ1v) is 11.9. The topological polar surface area (TPSA) is 40.5 Å². The molecule has 2 aromatic carbocycles. The first-order chi connectivity index (χ1) is 16.6. The average molecular weight is 516 g/mol. The number of piperidine rings is 1. The van der Waals surface area contributed by atoms with E-state index in [1.54, 1.807) is 12.1 Å². The van der Waals surface area contributed by atoms with Crippen molar-refractivity contribution in [3.8, 4) is 11.1 Å². The maximum atomic E-state index is 13.0. The molecule has 0 bridgehead atoms. The van der Waals surface area contributed by atoms with Crippen LogP contribution < -0.4 is 0 Å². The van der Waals surface area contributed by atoms with Gasteiger partial charge in [0, 0.05) is 6.54 Å². The third kappa shape index (κ3) is 7.72. The van der Waals surface area contributed by atoms with Gasteiger partial charge >= 0.3 is 18.3 Å². The Bertz CT molecular complexity index is 1040. The molecule has 1 aliphatic rings. The fourth-order valence-electron chi connectivity index (χ4n) is 4.81. The lowest BCUT2D eigenvalue weighted by molar-refractivity contribution is -0.185. The lowest BCUT2D eigenvalue weighted by atomic mass is 9.83. The molecule has 0 aromatic heterocycles. The highest BCUT2D eigenvalue weighted by atomic mass is 19.4. The molecule has 9 heteroatoms. The highest BCUT2D eigenvalue weighted by molar-refractivity contribution is 5.73. The van der Waals surface area contributed by atoms with Crippen molar-refractivity contribution in [1.82, 2.24) is 4.90 Å². The number of alkyl halides is 6. The van der Waals surface area contributed by atoms with E-state index < -0.39 is 29.8 Å². The molecule has 3 rings (SSSR count). The number of aryl methyl sites for hydroxylation is 1. The van der Waals surface area contributed by atoms with Crippen molar-refractivity contribution in [2.45, 2.75) is 58.3 Å². The van der Waals surface area contributed by atoms with Crippen LogP contribution in [0.15, 0.2) is 42.5 Å². The van der Waals surface area contributed by atoms with Gasteiger partial charge in [0.2, 0.25) is 0 Å². The predicted octanol–water partition coefficient (Wildman–Crippen LogP) is 7.23. The second-order valence-corrected chi connectivity index (χ2v) is 10.4. The second kappa shape index (κ2) is 10.8. The lowest BCUT2D eigenvalue weighted by Crippen LogP contribution is -2.43. The molecule has 198 valence electrons. The first-order valence-electron chi connectivity index (χ1n) is 11.9. The van der Waals surface area contributed by atoms with Crippen LogP contribution in [-0.2, 0) is 23.8 Å². The minimum Gasteiger partial charge on any atom is -0.481 e. The van der Waals surface area contributed by atoms with Crippen molar-refractivity contribution in [2.75, 3.05) is 19.6 Å². The van der Waals surface area contributed by atoms with E-state index in [0.29, 0.717) is 49.2 Å². The number of halogens is 6. The maximum Gasteiger partial charge on any atom is 0.416 e. The summed E-state index contributed by atoms with van der Waals surface area (Å²) < 4.78 is 77.9. The Morgan fingerprint density at radius 3 is 2.11 bits per heavy atom. The summed E-state index contributed by atoms with van der Waals surface area (Å²) in [5.74, 6) is -2.25. The Balaban J connectivity index is 1.74. The van der Waals surface area contributed by atoms with Crippen LogP contribution in [-0.4, -0.2) is 41.8 Å². The van der Waals surface area contributed by atoms with Crippen LogP contribution in [0.25, 0.3) is 11.1 Å². The van der Waals surface area contributed by atoms with Gasteiger partial charge < -0.3 is 10.0 Å². The smallest absolute Gasteiger partial charge is 0.416 e. The largest absolute Gasteiger partial charge is 0.481 e. The Hall–Kier alpha value is -2.55. The van der Waals surface area contributed by atoms with Gasteiger partial charge in [-0.2, -0.15) is 26.3 Å². The van der Waals surface area contributed by atoms with Crippen molar-refractivity contribution in [1.29, 1.82) is 0 Å². The minimum absolute atomic E-state index is 0.0999. The normalized spacial score (nSPS) is 16.3. The number of rotatable bonds is 8. The molecule has 3 nitrogen and oxygen atoms in total. The van der Waals surface area contributed by atoms with E-state index in [4.69, 9.17) is 5.11 Å².